The number of hydrogen-bond acceptors (Lipinski definition) is 8. The Labute approximate surface area is 311 Å². The Kier molecular flexibility index (Phi) is 10.1. The lowest BCUT2D eigenvalue weighted by atomic mass is 9.72. The Morgan fingerprint density at radius 2 is 1.52 bits per heavy atom. The summed E-state index contributed by atoms with van der Waals surface area (Å²) in [6, 6.07) is 35.9. The lowest BCUT2D eigenvalue weighted by Gasteiger charge is -2.33. The molecule has 0 aliphatic heterocycles. The van der Waals surface area contributed by atoms with Crippen molar-refractivity contribution >= 4 is 51.6 Å². The van der Waals surface area contributed by atoms with Crippen LogP contribution in [0, 0.1) is 21.4 Å². The van der Waals surface area contributed by atoms with E-state index in [4.69, 9.17) is 15.0 Å². The summed E-state index contributed by atoms with van der Waals surface area (Å²) in [6.45, 7) is 6.80. The van der Waals surface area contributed by atoms with Gasteiger partial charge in [0, 0.05) is 50.5 Å². The van der Waals surface area contributed by atoms with E-state index in [1.807, 2.05) is 97.1 Å². The highest BCUT2D eigenvalue weighted by Crippen LogP contribution is 2.45. The number of rotatable bonds is 9. The number of thiophene rings is 1. The van der Waals surface area contributed by atoms with E-state index in [2.05, 4.69) is 26.1 Å². The fourth-order valence-corrected chi connectivity index (χ4v) is 8.52. The maximum absolute atomic E-state index is 13.9. The third kappa shape index (κ3) is 7.88. The molecule has 7 rings (SSSR count). The highest BCUT2D eigenvalue weighted by molar-refractivity contribution is 7.99. The monoisotopic (exact) mass is 723 g/mol. The molecule has 1 atom stereocenters. The second-order valence-corrected chi connectivity index (χ2v) is 15.9. The Balaban J connectivity index is 1.29. The molecule has 0 unspecified atom stereocenters. The summed E-state index contributed by atoms with van der Waals surface area (Å²) in [7, 11) is 0. The number of carbonyl (C=O) groups is 1. The summed E-state index contributed by atoms with van der Waals surface area (Å²) >= 11 is 2.85. The average molecular weight is 724 g/mol. The number of para-hydroxylation sites is 1. The normalized spacial score (nSPS) is 14.2. The number of aliphatic imine (C=N–C) groups is 1. The zero-order chi connectivity index (χ0) is 36.2. The van der Waals surface area contributed by atoms with Crippen LogP contribution in [0.15, 0.2) is 130 Å². The Hall–Kier alpha value is -5.45. The first kappa shape index (κ1) is 35.0. The molecule has 52 heavy (non-hydrogen) atoms. The molecule has 1 aliphatic rings. The number of fused-ring (bicyclic) bond motifs is 1. The first-order valence-corrected chi connectivity index (χ1v) is 18.8. The second kappa shape index (κ2) is 15.0. The van der Waals surface area contributed by atoms with E-state index >= 15 is 0 Å². The van der Waals surface area contributed by atoms with Gasteiger partial charge in [-0.05, 0) is 72.2 Å². The zero-order valence-corrected chi connectivity index (χ0v) is 30.7. The van der Waals surface area contributed by atoms with Crippen molar-refractivity contribution in [3.63, 3.8) is 0 Å². The smallest absolute Gasteiger partial charge is 0.270 e. The van der Waals surface area contributed by atoms with Gasteiger partial charge < -0.3 is 5.32 Å². The van der Waals surface area contributed by atoms with Gasteiger partial charge >= 0.3 is 0 Å². The SMILES string of the molecule is CC(C)(C)[C@@H]1CCc2c(sc(N=Cc3cc([N+](=O)[O-])ccc3Sc3nc(-c4ccccc4)cc(-c4ccccc4)n3)c2C(=O)Nc2ccccc2)C1. The van der Waals surface area contributed by atoms with Crippen LogP contribution in [0.1, 0.15) is 53.6 Å². The van der Waals surface area contributed by atoms with Gasteiger partial charge in [-0.1, -0.05) is 99.6 Å². The van der Waals surface area contributed by atoms with Crippen molar-refractivity contribution in [2.75, 3.05) is 5.32 Å². The number of hydrogen-bond donors (Lipinski definition) is 1. The van der Waals surface area contributed by atoms with Crippen LogP contribution in [0.3, 0.4) is 0 Å². The van der Waals surface area contributed by atoms with Crippen molar-refractivity contribution in [3.05, 3.63) is 147 Å². The van der Waals surface area contributed by atoms with Crippen LogP contribution in [0.5, 0.6) is 0 Å². The van der Waals surface area contributed by atoms with Crippen molar-refractivity contribution in [1.29, 1.82) is 0 Å². The van der Waals surface area contributed by atoms with Gasteiger partial charge in [0.15, 0.2) is 5.16 Å². The number of carbonyl (C=O) groups excluding carboxylic acids is 1. The molecule has 10 heteroatoms. The standard InChI is InChI=1S/C42H37N5O3S2/c1-42(2,3)30-19-21-33-37(24-30)51-40(38(33)39(48)44-31-17-11-6-12-18-31)43-26-29-23-32(47(49)50)20-22-36(29)52-41-45-34(27-13-7-4-8-14-27)25-35(46-41)28-15-9-5-10-16-28/h4-18,20,22-23,25-26,30H,19,21,24H2,1-3H3,(H,44,48)/t30-/m1/s1. The molecule has 0 spiro atoms. The third-order valence-electron chi connectivity index (χ3n) is 9.30. The molecule has 0 fully saturated rings. The van der Waals surface area contributed by atoms with Crippen LogP contribution in [-0.4, -0.2) is 27.0 Å². The quantitative estimate of drug-likeness (QED) is 0.0688. The van der Waals surface area contributed by atoms with Crippen LogP contribution in [0.25, 0.3) is 22.5 Å². The van der Waals surface area contributed by atoms with Crippen LogP contribution in [0.2, 0.25) is 0 Å². The van der Waals surface area contributed by atoms with Crippen molar-refractivity contribution < 1.29 is 9.72 Å². The van der Waals surface area contributed by atoms with Gasteiger partial charge in [-0.3, -0.25) is 14.9 Å². The number of nitro groups is 1. The Morgan fingerprint density at radius 1 is 0.904 bits per heavy atom. The summed E-state index contributed by atoms with van der Waals surface area (Å²) in [4.78, 5) is 42.1. The van der Waals surface area contributed by atoms with Crippen molar-refractivity contribution in [3.8, 4) is 22.5 Å². The van der Waals surface area contributed by atoms with E-state index in [1.165, 1.54) is 40.1 Å². The minimum Gasteiger partial charge on any atom is -0.322 e. The molecular weight excluding hydrogens is 687 g/mol. The van der Waals surface area contributed by atoms with E-state index in [1.54, 1.807) is 12.3 Å². The predicted octanol–water partition coefficient (Wildman–Crippen LogP) is 11.1. The first-order chi connectivity index (χ1) is 25.1. The van der Waals surface area contributed by atoms with E-state index < -0.39 is 4.92 Å². The van der Waals surface area contributed by atoms with E-state index in [9.17, 15) is 14.9 Å². The molecule has 260 valence electrons. The number of benzene rings is 4. The lowest BCUT2D eigenvalue weighted by Crippen LogP contribution is -2.27. The molecule has 1 aliphatic carbocycles. The fourth-order valence-electron chi connectivity index (χ4n) is 6.41. The maximum Gasteiger partial charge on any atom is 0.270 e. The number of nitro benzene ring substituents is 1. The van der Waals surface area contributed by atoms with Crippen LogP contribution < -0.4 is 5.32 Å². The lowest BCUT2D eigenvalue weighted by molar-refractivity contribution is -0.384. The number of aromatic nitrogens is 2. The van der Waals surface area contributed by atoms with Gasteiger partial charge in [0.2, 0.25) is 0 Å². The number of nitrogens with zero attached hydrogens (tertiary/aromatic N) is 4. The molecule has 0 radical (unpaired) electrons. The number of non-ortho nitro benzene ring substituents is 1. The second-order valence-electron chi connectivity index (χ2n) is 13.8. The number of nitrogens with one attached hydrogen (secondary N) is 1. The zero-order valence-electron chi connectivity index (χ0n) is 29.1. The van der Waals surface area contributed by atoms with Gasteiger partial charge in [0.1, 0.15) is 5.00 Å². The molecule has 0 saturated carbocycles. The van der Waals surface area contributed by atoms with Crippen molar-refractivity contribution in [2.45, 2.75) is 50.1 Å². The molecule has 6 aromatic rings. The Bertz CT molecular complexity index is 2210. The molecule has 2 heterocycles. The highest BCUT2D eigenvalue weighted by Gasteiger charge is 2.34. The molecule has 4 aromatic carbocycles. The molecule has 8 nitrogen and oxygen atoms in total. The van der Waals surface area contributed by atoms with Crippen LogP contribution >= 0.6 is 23.1 Å². The average Bonchev–Trinajstić information content (AvgIpc) is 3.53. The first-order valence-electron chi connectivity index (χ1n) is 17.1. The van der Waals surface area contributed by atoms with E-state index in [0.29, 0.717) is 37.8 Å². The molecule has 1 N–H and O–H groups in total. The van der Waals surface area contributed by atoms with Crippen LogP contribution in [-0.2, 0) is 12.8 Å². The molecule has 2 aromatic heterocycles. The maximum atomic E-state index is 13.9. The number of anilines is 1. The van der Waals surface area contributed by atoms with Gasteiger partial charge in [0.25, 0.3) is 11.6 Å². The van der Waals surface area contributed by atoms with Gasteiger partial charge in [-0.25, -0.2) is 15.0 Å². The summed E-state index contributed by atoms with van der Waals surface area (Å²) in [5.41, 5.74) is 6.35. The molecule has 0 bridgehead atoms. The van der Waals surface area contributed by atoms with Crippen LogP contribution in [0.4, 0.5) is 16.4 Å². The minimum absolute atomic E-state index is 0.0599. The van der Waals surface area contributed by atoms with E-state index in [-0.39, 0.29) is 17.0 Å². The third-order valence-corrected chi connectivity index (χ3v) is 11.4. The summed E-state index contributed by atoms with van der Waals surface area (Å²) in [6.07, 6.45) is 4.28. The molecule has 0 saturated heterocycles. The van der Waals surface area contributed by atoms with Gasteiger partial charge in [0.05, 0.1) is 21.9 Å². The number of amides is 1. The summed E-state index contributed by atoms with van der Waals surface area (Å²) in [5.74, 6) is 0.269. The summed E-state index contributed by atoms with van der Waals surface area (Å²) in [5, 5.41) is 16.1. The molecular formula is C42H37N5O3S2. The molecule has 1 amide bonds. The minimum atomic E-state index is -0.416. The summed E-state index contributed by atoms with van der Waals surface area (Å²) < 4.78 is 0. The fraction of sp³-hybridized carbons (Fsp3) is 0.190. The Morgan fingerprint density at radius 3 is 2.12 bits per heavy atom. The van der Waals surface area contributed by atoms with Gasteiger partial charge in [-0.15, -0.1) is 11.3 Å². The van der Waals surface area contributed by atoms with Crippen molar-refractivity contribution in [1.82, 2.24) is 9.97 Å². The highest BCUT2D eigenvalue weighted by atomic mass is 32.2. The van der Waals surface area contributed by atoms with Gasteiger partial charge in [-0.2, -0.15) is 0 Å². The van der Waals surface area contributed by atoms with Crippen molar-refractivity contribution in [2.24, 2.45) is 16.3 Å². The predicted molar refractivity (Wildman–Crippen MR) is 211 cm³/mol. The topological polar surface area (TPSA) is 110 Å². The van der Waals surface area contributed by atoms with E-state index in [0.717, 1.165) is 47.3 Å². The largest absolute Gasteiger partial charge is 0.322 e.